The predicted molar refractivity (Wildman–Crippen MR) is 81.2 cm³/mol. The summed E-state index contributed by atoms with van der Waals surface area (Å²) in [6.07, 6.45) is 6.24. The summed E-state index contributed by atoms with van der Waals surface area (Å²) in [4.78, 5) is 0. The highest BCUT2D eigenvalue weighted by Crippen LogP contribution is 2.18. The van der Waals surface area contributed by atoms with Gasteiger partial charge in [-0.05, 0) is 26.2 Å². The van der Waals surface area contributed by atoms with Gasteiger partial charge in [0.15, 0.2) is 12.6 Å². The molecule has 0 unspecified atom stereocenters. The Morgan fingerprint density at radius 1 is 0.750 bits per heavy atom. The van der Waals surface area contributed by atoms with E-state index in [0.29, 0.717) is 25.8 Å². The van der Waals surface area contributed by atoms with E-state index in [0.717, 1.165) is 31.4 Å². The minimum atomic E-state index is 0.211. The second-order valence-corrected chi connectivity index (χ2v) is 4.62. The van der Waals surface area contributed by atoms with E-state index in [1.54, 1.807) is 0 Å². The van der Waals surface area contributed by atoms with Crippen molar-refractivity contribution in [2.75, 3.05) is 26.6 Å². The Morgan fingerprint density at radius 2 is 1.45 bits per heavy atom. The standard InChI is InChI=1S/C16H32O4/c1-5-9-10-11-15(18-12-6-2)16(19-13-7-3)20-14-17-8-4/h5-14H2,1-4H3. The Bertz CT molecular complexity index is 215. The van der Waals surface area contributed by atoms with Crippen LogP contribution in [0.15, 0.2) is 11.7 Å². The van der Waals surface area contributed by atoms with Crippen LogP contribution in [0.4, 0.5) is 0 Å². The molecule has 0 atom stereocenters. The lowest BCUT2D eigenvalue weighted by atomic mass is 10.2. The molecule has 4 heteroatoms. The Kier molecular flexibility index (Phi) is 13.9. The van der Waals surface area contributed by atoms with Crippen LogP contribution in [0.5, 0.6) is 0 Å². The summed E-state index contributed by atoms with van der Waals surface area (Å²) in [5, 5.41) is 0. The van der Waals surface area contributed by atoms with Gasteiger partial charge in [-0.1, -0.05) is 33.6 Å². The van der Waals surface area contributed by atoms with Crippen molar-refractivity contribution in [1.29, 1.82) is 0 Å². The van der Waals surface area contributed by atoms with Gasteiger partial charge in [0.05, 0.1) is 13.2 Å². The first-order chi connectivity index (χ1) is 9.79. The molecule has 0 aliphatic heterocycles. The summed E-state index contributed by atoms with van der Waals surface area (Å²) in [6.45, 7) is 10.5. The lowest BCUT2D eigenvalue weighted by Gasteiger charge is -2.17. The molecule has 0 amide bonds. The zero-order chi connectivity index (χ0) is 15.1. The van der Waals surface area contributed by atoms with E-state index in [9.17, 15) is 0 Å². The normalized spacial score (nSPS) is 12.0. The number of ether oxygens (including phenoxy) is 4. The molecule has 0 heterocycles. The summed E-state index contributed by atoms with van der Waals surface area (Å²) in [5.74, 6) is 1.33. The van der Waals surface area contributed by atoms with E-state index >= 15 is 0 Å². The number of allylic oxidation sites excluding steroid dienone is 1. The van der Waals surface area contributed by atoms with Crippen molar-refractivity contribution in [2.24, 2.45) is 0 Å². The van der Waals surface area contributed by atoms with Crippen LogP contribution in [-0.4, -0.2) is 26.6 Å². The first-order valence-electron chi connectivity index (χ1n) is 7.99. The second-order valence-electron chi connectivity index (χ2n) is 4.62. The molecule has 20 heavy (non-hydrogen) atoms. The van der Waals surface area contributed by atoms with Crippen LogP contribution in [0.3, 0.4) is 0 Å². The molecular formula is C16H32O4. The average Bonchev–Trinajstić information content (AvgIpc) is 2.47. The molecule has 0 bridgehead atoms. The van der Waals surface area contributed by atoms with Crippen molar-refractivity contribution in [1.82, 2.24) is 0 Å². The number of unbranched alkanes of at least 4 members (excludes halogenated alkanes) is 2. The Hall–Kier alpha value is -0.900. The average molecular weight is 288 g/mol. The van der Waals surface area contributed by atoms with Crippen LogP contribution in [0.2, 0.25) is 0 Å². The first kappa shape index (κ1) is 19.1. The second kappa shape index (κ2) is 14.5. The fraction of sp³-hybridized carbons (Fsp3) is 0.875. The fourth-order valence-corrected chi connectivity index (χ4v) is 1.57. The Morgan fingerprint density at radius 3 is 2.05 bits per heavy atom. The topological polar surface area (TPSA) is 36.9 Å². The monoisotopic (exact) mass is 288 g/mol. The van der Waals surface area contributed by atoms with Crippen LogP contribution < -0.4 is 0 Å². The molecule has 0 radical (unpaired) electrons. The van der Waals surface area contributed by atoms with E-state index < -0.39 is 0 Å². The van der Waals surface area contributed by atoms with Crippen LogP contribution in [0, 0.1) is 0 Å². The zero-order valence-electron chi connectivity index (χ0n) is 13.7. The number of hydrogen-bond donors (Lipinski definition) is 0. The SMILES string of the molecule is CCCCCC(OCCC)=C(OCCC)OCOCC. The van der Waals surface area contributed by atoms with Crippen LogP contribution >= 0.6 is 0 Å². The molecule has 0 saturated carbocycles. The molecule has 4 nitrogen and oxygen atoms in total. The first-order valence-corrected chi connectivity index (χ1v) is 7.99. The predicted octanol–water partition coefficient (Wildman–Crippen LogP) is 4.60. The minimum absolute atomic E-state index is 0.211. The summed E-state index contributed by atoms with van der Waals surface area (Å²) in [6, 6.07) is 0. The summed E-state index contributed by atoms with van der Waals surface area (Å²) >= 11 is 0. The van der Waals surface area contributed by atoms with Gasteiger partial charge in [0.25, 0.3) is 0 Å². The van der Waals surface area contributed by atoms with E-state index in [1.165, 1.54) is 12.8 Å². The van der Waals surface area contributed by atoms with Gasteiger partial charge in [0.2, 0.25) is 0 Å². The maximum atomic E-state index is 5.80. The summed E-state index contributed by atoms with van der Waals surface area (Å²) in [5.41, 5.74) is 0. The Balaban J connectivity index is 4.62. The fourth-order valence-electron chi connectivity index (χ4n) is 1.57. The van der Waals surface area contributed by atoms with Crippen molar-refractivity contribution in [3.05, 3.63) is 11.7 Å². The summed E-state index contributed by atoms with van der Waals surface area (Å²) in [7, 11) is 0. The molecule has 0 aromatic carbocycles. The van der Waals surface area contributed by atoms with E-state index in [-0.39, 0.29) is 6.79 Å². The van der Waals surface area contributed by atoms with Gasteiger partial charge in [-0.25, -0.2) is 0 Å². The van der Waals surface area contributed by atoms with Gasteiger partial charge in [0, 0.05) is 13.0 Å². The van der Waals surface area contributed by atoms with Gasteiger partial charge in [0.1, 0.15) is 0 Å². The van der Waals surface area contributed by atoms with Crippen molar-refractivity contribution < 1.29 is 18.9 Å². The number of hydrogen-bond acceptors (Lipinski definition) is 4. The lowest BCUT2D eigenvalue weighted by Crippen LogP contribution is -2.09. The molecule has 0 aromatic heterocycles. The maximum Gasteiger partial charge on any atom is 0.321 e. The highest BCUT2D eigenvalue weighted by Gasteiger charge is 2.12. The molecular weight excluding hydrogens is 256 g/mol. The van der Waals surface area contributed by atoms with Gasteiger partial charge < -0.3 is 18.9 Å². The zero-order valence-corrected chi connectivity index (χ0v) is 13.7. The summed E-state index contributed by atoms with van der Waals surface area (Å²) < 4.78 is 22.3. The van der Waals surface area contributed by atoms with Gasteiger partial charge in [-0.3, -0.25) is 0 Å². The molecule has 0 rings (SSSR count). The van der Waals surface area contributed by atoms with Crippen molar-refractivity contribution in [2.45, 2.75) is 66.2 Å². The van der Waals surface area contributed by atoms with Gasteiger partial charge in [-0.2, -0.15) is 0 Å². The molecule has 0 aliphatic rings. The van der Waals surface area contributed by atoms with Crippen molar-refractivity contribution in [3.63, 3.8) is 0 Å². The molecule has 0 saturated heterocycles. The number of rotatable bonds is 14. The molecule has 120 valence electrons. The molecule has 0 aromatic rings. The van der Waals surface area contributed by atoms with Crippen LogP contribution in [0.1, 0.15) is 66.2 Å². The highest BCUT2D eigenvalue weighted by atomic mass is 16.7. The maximum absolute atomic E-state index is 5.80. The van der Waals surface area contributed by atoms with E-state index in [1.807, 2.05) is 6.92 Å². The molecule has 0 fully saturated rings. The molecule has 0 spiro atoms. The van der Waals surface area contributed by atoms with Gasteiger partial charge in [-0.15, -0.1) is 0 Å². The van der Waals surface area contributed by atoms with E-state index in [4.69, 9.17) is 18.9 Å². The molecule has 0 N–H and O–H groups in total. The highest BCUT2D eigenvalue weighted by molar-refractivity contribution is 4.95. The molecule has 0 aliphatic carbocycles. The quantitative estimate of drug-likeness (QED) is 0.266. The minimum Gasteiger partial charge on any atom is -0.491 e. The lowest BCUT2D eigenvalue weighted by molar-refractivity contribution is -0.0805. The van der Waals surface area contributed by atoms with Crippen LogP contribution in [0.25, 0.3) is 0 Å². The smallest absolute Gasteiger partial charge is 0.321 e. The van der Waals surface area contributed by atoms with Gasteiger partial charge >= 0.3 is 5.95 Å². The third-order valence-corrected chi connectivity index (χ3v) is 2.63. The Labute approximate surface area is 124 Å². The largest absolute Gasteiger partial charge is 0.491 e. The van der Waals surface area contributed by atoms with E-state index in [2.05, 4.69) is 20.8 Å². The van der Waals surface area contributed by atoms with Crippen molar-refractivity contribution in [3.8, 4) is 0 Å². The third kappa shape index (κ3) is 9.96. The van der Waals surface area contributed by atoms with Crippen LogP contribution in [-0.2, 0) is 18.9 Å². The van der Waals surface area contributed by atoms with Crippen molar-refractivity contribution >= 4 is 0 Å². The third-order valence-electron chi connectivity index (χ3n) is 2.63.